The molecule has 1 aliphatic rings. The second-order valence-corrected chi connectivity index (χ2v) is 8.20. The number of rotatable bonds is 13. The van der Waals surface area contributed by atoms with Gasteiger partial charge in [-0.25, -0.2) is 0 Å². The molecule has 1 heterocycles. The summed E-state index contributed by atoms with van der Waals surface area (Å²) in [5, 5.41) is 18.8. The molecule has 2 atom stereocenters. The van der Waals surface area contributed by atoms with Gasteiger partial charge in [-0.05, 0) is 24.7 Å². The number of hydrogen-bond donors (Lipinski definition) is 2. The highest BCUT2D eigenvalue weighted by molar-refractivity contribution is 5.80. The van der Waals surface area contributed by atoms with Crippen molar-refractivity contribution in [2.24, 2.45) is 5.41 Å². The Morgan fingerprint density at radius 2 is 1.92 bits per heavy atom. The van der Waals surface area contributed by atoms with Crippen molar-refractivity contribution in [3.8, 4) is 0 Å². The van der Waals surface area contributed by atoms with E-state index in [1.54, 1.807) is 0 Å². The molecule has 1 rings (SSSR count). The minimum Gasteiger partial charge on any atom is -0.481 e. The van der Waals surface area contributed by atoms with Gasteiger partial charge in [0.15, 0.2) is 0 Å². The van der Waals surface area contributed by atoms with Crippen LogP contribution in [-0.4, -0.2) is 45.7 Å². The summed E-state index contributed by atoms with van der Waals surface area (Å²) in [6.07, 6.45) is 11.7. The Balaban J connectivity index is 2.50. The molecular formula is C21H37NO4. The Hall–Kier alpha value is -1.36. The van der Waals surface area contributed by atoms with Gasteiger partial charge in [0, 0.05) is 19.4 Å². The number of carboxylic acid groups (broad SMARTS) is 1. The van der Waals surface area contributed by atoms with Crippen molar-refractivity contribution in [1.29, 1.82) is 0 Å². The van der Waals surface area contributed by atoms with Crippen LogP contribution in [0.1, 0.15) is 85.0 Å². The maximum Gasteiger partial charge on any atom is 0.303 e. The molecule has 0 aliphatic carbocycles. The van der Waals surface area contributed by atoms with Crippen molar-refractivity contribution in [2.75, 3.05) is 6.54 Å². The smallest absolute Gasteiger partial charge is 0.303 e. The van der Waals surface area contributed by atoms with E-state index in [0.717, 1.165) is 44.9 Å². The first-order valence-electron chi connectivity index (χ1n) is 10.2. The first kappa shape index (κ1) is 22.7. The van der Waals surface area contributed by atoms with Crippen LogP contribution in [-0.2, 0) is 9.59 Å². The van der Waals surface area contributed by atoms with E-state index in [1.807, 2.05) is 17.1 Å². The molecule has 0 aromatic heterocycles. The number of likely N-dealkylation sites (tertiary alicyclic amines) is 1. The summed E-state index contributed by atoms with van der Waals surface area (Å²) < 4.78 is 0. The summed E-state index contributed by atoms with van der Waals surface area (Å²) in [4.78, 5) is 24.9. The largest absolute Gasteiger partial charge is 0.481 e. The Morgan fingerprint density at radius 1 is 1.23 bits per heavy atom. The number of amides is 1. The number of carbonyl (C=O) groups excluding carboxylic acids is 1. The predicted molar refractivity (Wildman–Crippen MR) is 104 cm³/mol. The van der Waals surface area contributed by atoms with Crippen LogP contribution in [0.5, 0.6) is 0 Å². The Labute approximate surface area is 158 Å². The number of carbonyl (C=O) groups is 2. The van der Waals surface area contributed by atoms with Crippen molar-refractivity contribution in [3.63, 3.8) is 0 Å². The highest BCUT2D eigenvalue weighted by Crippen LogP contribution is 2.38. The summed E-state index contributed by atoms with van der Waals surface area (Å²) >= 11 is 0. The monoisotopic (exact) mass is 367 g/mol. The van der Waals surface area contributed by atoms with Crippen molar-refractivity contribution < 1.29 is 19.8 Å². The Kier molecular flexibility index (Phi) is 9.92. The van der Waals surface area contributed by atoms with Crippen LogP contribution in [0.2, 0.25) is 0 Å². The first-order valence-corrected chi connectivity index (χ1v) is 10.2. The summed E-state index contributed by atoms with van der Waals surface area (Å²) in [5.74, 6) is -0.570. The quantitative estimate of drug-likeness (QED) is 0.379. The average Bonchev–Trinajstić information content (AvgIpc) is 2.77. The van der Waals surface area contributed by atoms with Gasteiger partial charge in [0.25, 0.3) is 0 Å². The number of aliphatic carboxylic acids is 1. The Bertz CT molecular complexity index is 473. The van der Waals surface area contributed by atoms with Crippen LogP contribution in [0.4, 0.5) is 0 Å². The fraction of sp³-hybridized carbons (Fsp3) is 0.810. The van der Waals surface area contributed by atoms with E-state index < -0.39 is 12.1 Å². The van der Waals surface area contributed by atoms with E-state index in [-0.39, 0.29) is 23.8 Å². The molecule has 2 N–H and O–H groups in total. The lowest BCUT2D eigenvalue weighted by molar-refractivity contribution is -0.137. The molecule has 0 aromatic rings. The zero-order chi connectivity index (χ0) is 19.6. The second-order valence-electron chi connectivity index (χ2n) is 8.20. The average molecular weight is 368 g/mol. The summed E-state index contributed by atoms with van der Waals surface area (Å²) in [5.41, 5.74) is -0.125. The van der Waals surface area contributed by atoms with Crippen molar-refractivity contribution in [2.45, 2.75) is 97.1 Å². The third-order valence-corrected chi connectivity index (χ3v) is 5.22. The fourth-order valence-corrected chi connectivity index (χ4v) is 3.65. The van der Waals surface area contributed by atoms with Gasteiger partial charge in [0.2, 0.25) is 5.91 Å². The van der Waals surface area contributed by atoms with Gasteiger partial charge >= 0.3 is 5.97 Å². The van der Waals surface area contributed by atoms with Crippen LogP contribution in [0.15, 0.2) is 12.2 Å². The lowest BCUT2D eigenvalue weighted by Gasteiger charge is -2.30. The number of aliphatic hydroxyl groups is 1. The molecule has 1 amide bonds. The zero-order valence-corrected chi connectivity index (χ0v) is 16.7. The zero-order valence-electron chi connectivity index (χ0n) is 16.7. The van der Waals surface area contributed by atoms with E-state index in [2.05, 4.69) is 20.8 Å². The maximum atomic E-state index is 12.4. The predicted octanol–water partition coefficient (Wildman–Crippen LogP) is 4.15. The lowest BCUT2D eigenvalue weighted by Crippen LogP contribution is -2.37. The SMILES string of the molecule is CCCCCC(O)/C=C/C1N(CCCCCCC(=O)O)C(=O)CC1(C)C. The highest BCUT2D eigenvalue weighted by atomic mass is 16.4. The van der Waals surface area contributed by atoms with Crippen molar-refractivity contribution >= 4 is 11.9 Å². The second kappa shape index (κ2) is 11.4. The van der Waals surface area contributed by atoms with Crippen LogP contribution >= 0.6 is 0 Å². The van der Waals surface area contributed by atoms with Gasteiger partial charge in [-0.3, -0.25) is 9.59 Å². The molecule has 26 heavy (non-hydrogen) atoms. The molecule has 2 unspecified atom stereocenters. The van der Waals surface area contributed by atoms with E-state index in [9.17, 15) is 14.7 Å². The third kappa shape index (κ3) is 7.90. The number of carboxylic acids is 1. The van der Waals surface area contributed by atoms with Gasteiger partial charge in [0.1, 0.15) is 0 Å². The fourth-order valence-electron chi connectivity index (χ4n) is 3.65. The first-order chi connectivity index (χ1) is 12.3. The lowest BCUT2D eigenvalue weighted by atomic mass is 9.84. The number of aliphatic hydroxyl groups excluding tert-OH is 1. The van der Waals surface area contributed by atoms with Gasteiger partial charge in [0.05, 0.1) is 12.1 Å². The van der Waals surface area contributed by atoms with Crippen LogP contribution in [0.25, 0.3) is 0 Å². The third-order valence-electron chi connectivity index (χ3n) is 5.22. The Morgan fingerprint density at radius 3 is 2.58 bits per heavy atom. The van der Waals surface area contributed by atoms with Gasteiger partial charge in [-0.15, -0.1) is 0 Å². The van der Waals surface area contributed by atoms with E-state index in [0.29, 0.717) is 19.4 Å². The minimum atomic E-state index is -0.746. The van der Waals surface area contributed by atoms with Gasteiger partial charge in [-0.2, -0.15) is 0 Å². The molecule has 1 fully saturated rings. The topological polar surface area (TPSA) is 77.8 Å². The van der Waals surface area contributed by atoms with E-state index in [1.165, 1.54) is 0 Å². The minimum absolute atomic E-state index is 0.0230. The molecular weight excluding hydrogens is 330 g/mol. The van der Waals surface area contributed by atoms with E-state index >= 15 is 0 Å². The summed E-state index contributed by atoms with van der Waals surface area (Å²) in [7, 11) is 0. The molecule has 0 saturated carbocycles. The molecule has 150 valence electrons. The molecule has 1 aliphatic heterocycles. The van der Waals surface area contributed by atoms with Gasteiger partial charge < -0.3 is 15.1 Å². The molecule has 1 saturated heterocycles. The highest BCUT2D eigenvalue weighted by Gasteiger charge is 2.43. The normalized spacial score (nSPS) is 20.8. The van der Waals surface area contributed by atoms with Crippen LogP contribution < -0.4 is 0 Å². The summed E-state index contributed by atoms with van der Waals surface area (Å²) in [6, 6.07) is 0.0230. The van der Waals surface area contributed by atoms with Crippen LogP contribution in [0.3, 0.4) is 0 Å². The number of hydrogen-bond acceptors (Lipinski definition) is 3. The van der Waals surface area contributed by atoms with Crippen molar-refractivity contribution in [1.82, 2.24) is 4.90 Å². The van der Waals surface area contributed by atoms with Crippen LogP contribution in [0, 0.1) is 5.41 Å². The maximum absolute atomic E-state index is 12.4. The molecule has 0 spiro atoms. The van der Waals surface area contributed by atoms with E-state index in [4.69, 9.17) is 5.11 Å². The van der Waals surface area contributed by atoms with Gasteiger partial charge in [-0.1, -0.05) is 65.0 Å². The molecule has 0 radical (unpaired) electrons. The molecule has 5 heteroatoms. The summed E-state index contributed by atoms with van der Waals surface area (Å²) in [6.45, 7) is 7.07. The van der Waals surface area contributed by atoms with Crippen molar-refractivity contribution in [3.05, 3.63) is 12.2 Å². The molecule has 5 nitrogen and oxygen atoms in total. The number of nitrogens with zero attached hydrogens (tertiary/aromatic N) is 1. The number of unbranched alkanes of at least 4 members (excludes halogenated alkanes) is 5. The molecule has 0 aromatic carbocycles. The standard InChI is InChI=1S/C21H37NO4/c1-4-5-8-11-17(23)13-14-18-21(2,3)16-19(24)22(18)15-10-7-6-9-12-20(25)26/h13-14,17-18,23H,4-12,15-16H2,1-3H3,(H,25,26)/b14-13+. The molecule has 0 bridgehead atoms.